The third-order valence-electron chi connectivity index (χ3n) is 4.92. The van der Waals surface area contributed by atoms with Crippen LogP contribution in [0.4, 0.5) is 0 Å². The number of hydrogen-bond acceptors (Lipinski definition) is 5. The first kappa shape index (κ1) is 20.3. The molecule has 0 spiro atoms. The van der Waals surface area contributed by atoms with Crippen molar-refractivity contribution in [3.05, 3.63) is 59.7 Å². The Balaban J connectivity index is 1.61. The van der Waals surface area contributed by atoms with E-state index in [0.717, 1.165) is 32.5 Å². The molecule has 28 heavy (non-hydrogen) atoms. The van der Waals surface area contributed by atoms with Gasteiger partial charge in [-0.05, 0) is 36.6 Å². The molecule has 0 atom stereocenters. The molecule has 0 saturated carbocycles. The Labute approximate surface area is 165 Å². The lowest BCUT2D eigenvalue weighted by molar-refractivity contribution is 0.0905. The summed E-state index contributed by atoms with van der Waals surface area (Å²) in [5.74, 6) is -0.0460. The van der Waals surface area contributed by atoms with Crippen molar-refractivity contribution in [2.24, 2.45) is 5.14 Å². The Kier molecular flexibility index (Phi) is 6.33. The number of ether oxygens (including phenoxy) is 1. The molecule has 1 fully saturated rings. The minimum absolute atomic E-state index is 0.0300. The molecule has 0 unspecified atom stereocenters. The highest BCUT2D eigenvalue weighted by atomic mass is 32.2. The number of nitrogens with one attached hydrogen (secondary N) is 1. The molecule has 0 aliphatic carbocycles. The van der Waals surface area contributed by atoms with Crippen LogP contribution < -0.4 is 15.2 Å². The monoisotopic (exact) mass is 403 g/mol. The van der Waals surface area contributed by atoms with Crippen LogP contribution in [-0.2, 0) is 16.6 Å². The number of likely N-dealkylation sites (tertiary alicyclic amines) is 1. The lowest BCUT2D eigenvalue weighted by atomic mass is 10.0. The number of piperidine rings is 1. The molecule has 1 saturated heterocycles. The zero-order valence-corrected chi connectivity index (χ0v) is 16.6. The molecule has 0 radical (unpaired) electrons. The molecule has 2 aromatic rings. The van der Waals surface area contributed by atoms with E-state index in [-0.39, 0.29) is 22.4 Å². The Hall–Kier alpha value is -2.42. The van der Waals surface area contributed by atoms with Crippen molar-refractivity contribution in [2.75, 3.05) is 20.2 Å². The van der Waals surface area contributed by atoms with Crippen molar-refractivity contribution in [1.82, 2.24) is 10.2 Å². The van der Waals surface area contributed by atoms with E-state index in [1.165, 1.54) is 30.9 Å². The van der Waals surface area contributed by atoms with Crippen LogP contribution in [-0.4, -0.2) is 45.5 Å². The highest BCUT2D eigenvalue weighted by Gasteiger charge is 2.23. The van der Waals surface area contributed by atoms with Crippen LogP contribution in [0.5, 0.6) is 5.75 Å². The van der Waals surface area contributed by atoms with Crippen LogP contribution in [0, 0.1) is 0 Å². The molecule has 3 N–H and O–H groups in total. The fourth-order valence-corrected chi connectivity index (χ4v) is 3.92. The highest BCUT2D eigenvalue weighted by molar-refractivity contribution is 7.89. The zero-order chi connectivity index (χ0) is 20.1. The topological polar surface area (TPSA) is 102 Å². The average Bonchev–Trinajstić information content (AvgIpc) is 2.69. The smallest absolute Gasteiger partial charge is 0.255 e. The molecule has 0 aromatic heterocycles. The van der Waals surface area contributed by atoms with Crippen LogP contribution in [0.1, 0.15) is 28.8 Å². The fraction of sp³-hybridized carbons (Fsp3) is 0.350. The summed E-state index contributed by atoms with van der Waals surface area (Å²) in [4.78, 5) is 15.0. The number of sulfonamides is 1. The molecule has 0 bridgehead atoms. The Morgan fingerprint density at radius 3 is 2.46 bits per heavy atom. The maximum atomic E-state index is 12.7. The molecule has 8 heteroatoms. The average molecular weight is 404 g/mol. The molecular formula is C20H25N3O4S. The Morgan fingerprint density at radius 1 is 1.18 bits per heavy atom. The van der Waals surface area contributed by atoms with E-state index in [9.17, 15) is 13.2 Å². The summed E-state index contributed by atoms with van der Waals surface area (Å²) in [6.45, 7) is 2.66. The van der Waals surface area contributed by atoms with Gasteiger partial charge >= 0.3 is 0 Å². The van der Waals surface area contributed by atoms with Gasteiger partial charge in [0.15, 0.2) is 0 Å². The molecular weight excluding hydrogens is 378 g/mol. The SMILES string of the molecule is COc1ccc(S(N)(=O)=O)cc1C(=O)NC1CCN(Cc2ccccc2)CC1. The predicted molar refractivity (Wildman–Crippen MR) is 107 cm³/mol. The van der Waals surface area contributed by atoms with E-state index in [4.69, 9.17) is 9.88 Å². The van der Waals surface area contributed by atoms with E-state index < -0.39 is 10.0 Å². The number of hydrogen-bond donors (Lipinski definition) is 2. The minimum atomic E-state index is -3.90. The van der Waals surface area contributed by atoms with Gasteiger partial charge in [-0.2, -0.15) is 0 Å². The normalized spacial score (nSPS) is 15.9. The van der Waals surface area contributed by atoms with E-state index in [1.54, 1.807) is 0 Å². The first-order chi connectivity index (χ1) is 13.4. The van der Waals surface area contributed by atoms with Gasteiger partial charge in [-0.3, -0.25) is 9.69 Å². The third kappa shape index (κ3) is 5.09. The number of nitrogens with two attached hydrogens (primary N) is 1. The molecule has 3 rings (SSSR count). The van der Waals surface area contributed by atoms with Crippen molar-refractivity contribution < 1.29 is 17.9 Å². The number of methoxy groups -OCH3 is 1. The van der Waals surface area contributed by atoms with Gasteiger partial charge in [0.2, 0.25) is 10.0 Å². The standard InChI is InChI=1S/C20H25N3O4S/c1-27-19-8-7-17(28(21,25)26)13-18(19)20(24)22-16-9-11-23(12-10-16)14-15-5-3-2-4-6-15/h2-8,13,16H,9-12,14H2,1H3,(H,22,24)(H2,21,25,26). The summed E-state index contributed by atoms with van der Waals surface area (Å²) in [7, 11) is -2.46. The summed E-state index contributed by atoms with van der Waals surface area (Å²) in [6, 6.07) is 14.3. The number of rotatable bonds is 6. The maximum absolute atomic E-state index is 12.7. The van der Waals surface area contributed by atoms with Crippen LogP contribution in [0.3, 0.4) is 0 Å². The first-order valence-electron chi connectivity index (χ1n) is 9.15. The fourth-order valence-electron chi connectivity index (χ4n) is 3.38. The minimum Gasteiger partial charge on any atom is -0.496 e. The van der Waals surface area contributed by atoms with Crippen molar-refractivity contribution in [3.8, 4) is 5.75 Å². The lowest BCUT2D eigenvalue weighted by Crippen LogP contribution is -2.44. The molecule has 150 valence electrons. The lowest BCUT2D eigenvalue weighted by Gasteiger charge is -2.32. The number of amides is 1. The van der Waals surface area contributed by atoms with E-state index >= 15 is 0 Å². The quantitative estimate of drug-likeness (QED) is 0.765. The predicted octanol–water partition coefficient (Wildman–Crippen LogP) is 1.74. The molecule has 2 aromatic carbocycles. The van der Waals surface area contributed by atoms with Gasteiger partial charge in [-0.1, -0.05) is 30.3 Å². The van der Waals surface area contributed by atoms with E-state index in [1.807, 2.05) is 18.2 Å². The molecule has 1 aliphatic heterocycles. The van der Waals surface area contributed by atoms with Crippen molar-refractivity contribution >= 4 is 15.9 Å². The van der Waals surface area contributed by atoms with Crippen LogP contribution in [0.15, 0.2) is 53.4 Å². The number of benzene rings is 2. The summed E-state index contributed by atoms with van der Waals surface area (Å²) in [5, 5.41) is 8.17. The second-order valence-electron chi connectivity index (χ2n) is 6.92. The van der Waals surface area contributed by atoms with Crippen LogP contribution >= 0.6 is 0 Å². The van der Waals surface area contributed by atoms with Gasteiger partial charge in [0.25, 0.3) is 5.91 Å². The zero-order valence-electron chi connectivity index (χ0n) is 15.8. The van der Waals surface area contributed by atoms with Crippen molar-refractivity contribution in [3.63, 3.8) is 0 Å². The van der Waals surface area contributed by atoms with Gasteiger partial charge in [0.05, 0.1) is 17.6 Å². The summed E-state index contributed by atoms with van der Waals surface area (Å²) < 4.78 is 28.4. The Bertz CT molecular complexity index is 924. The highest BCUT2D eigenvalue weighted by Crippen LogP contribution is 2.23. The van der Waals surface area contributed by atoms with E-state index in [2.05, 4.69) is 22.3 Å². The summed E-state index contributed by atoms with van der Waals surface area (Å²) in [6.07, 6.45) is 1.66. The molecule has 1 heterocycles. The van der Waals surface area contributed by atoms with Crippen molar-refractivity contribution in [2.45, 2.75) is 30.3 Å². The van der Waals surface area contributed by atoms with Crippen LogP contribution in [0.2, 0.25) is 0 Å². The summed E-state index contributed by atoms with van der Waals surface area (Å²) in [5.41, 5.74) is 1.44. The second-order valence-corrected chi connectivity index (χ2v) is 8.48. The first-order valence-corrected chi connectivity index (χ1v) is 10.7. The second kappa shape index (κ2) is 8.72. The molecule has 1 aliphatic rings. The van der Waals surface area contributed by atoms with Gasteiger partial charge in [-0.25, -0.2) is 13.6 Å². The van der Waals surface area contributed by atoms with Crippen LogP contribution in [0.25, 0.3) is 0 Å². The largest absolute Gasteiger partial charge is 0.496 e. The number of carbonyl (C=O) groups is 1. The van der Waals surface area contributed by atoms with Gasteiger partial charge in [0.1, 0.15) is 5.75 Å². The van der Waals surface area contributed by atoms with Gasteiger partial charge in [0, 0.05) is 25.7 Å². The number of primary sulfonamides is 1. The van der Waals surface area contributed by atoms with Gasteiger partial charge in [-0.15, -0.1) is 0 Å². The maximum Gasteiger partial charge on any atom is 0.255 e. The molecule has 7 nitrogen and oxygen atoms in total. The Morgan fingerprint density at radius 2 is 1.86 bits per heavy atom. The summed E-state index contributed by atoms with van der Waals surface area (Å²) >= 11 is 0. The number of carbonyl (C=O) groups excluding carboxylic acids is 1. The third-order valence-corrected chi connectivity index (χ3v) is 5.83. The van der Waals surface area contributed by atoms with Crippen molar-refractivity contribution in [1.29, 1.82) is 0 Å². The van der Waals surface area contributed by atoms with E-state index in [0.29, 0.717) is 5.75 Å². The number of nitrogens with zero attached hydrogens (tertiary/aromatic N) is 1. The molecule has 1 amide bonds. The van der Waals surface area contributed by atoms with Gasteiger partial charge < -0.3 is 10.1 Å².